The van der Waals surface area contributed by atoms with E-state index in [1.165, 1.54) is 59.0 Å². The molecule has 206 valence electrons. The number of nitrogens with one attached hydrogen (secondary N) is 2. The van der Waals surface area contributed by atoms with Gasteiger partial charge < -0.3 is 20.8 Å². The fourth-order valence-corrected chi connectivity index (χ4v) is 6.82. The lowest BCUT2D eigenvalue weighted by Crippen LogP contribution is -2.52. The van der Waals surface area contributed by atoms with Crippen LogP contribution >= 0.6 is 45.1 Å². The quantitative estimate of drug-likeness (QED) is 0.205. The van der Waals surface area contributed by atoms with Crippen molar-refractivity contribution in [2.24, 2.45) is 0 Å². The van der Waals surface area contributed by atoms with Gasteiger partial charge in [-0.15, -0.1) is 0 Å². The fraction of sp³-hybridized carbons (Fsp3) is 0.385. The number of carbonyl (C=O) groups is 4. The summed E-state index contributed by atoms with van der Waals surface area (Å²) in [4.78, 5) is 51.2. The molecular formula is C26H32N2O6S4. The highest BCUT2D eigenvalue weighted by molar-refractivity contribution is 8.76. The van der Waals surface area contributed by atoms with Crippen LogP contribution in [-0.4, -0.2) is 69.1 Å². The van der Waals surface area contributed by atoms with Gasteiger partial charge in [0.25, 0.3) is 11.8 Å². The summed E-state index contributed by atoms with van der Waals surface area (Å²) >= 11 is 3.00. The molecule has 2 rings (SSSR count). The van der Waals surface area contributed by atoms with Gasteiger partial charge in [-0.1, -0.05) is 45.9 Å². The first-order chi connectivity index (χ1) is 18.0. The van der Waals surface area contributed by atoms with Crippen LogP contribution in [0.5, 0.6) is 0 Å². The Balaban J connectivity index is 2.24. The number of carbonyl (C=O) groups excluding carboxylic acids is 2. The van der Waals surface area contributed by atoms with Gasteiger partial charge in [-0.2, -0.15) is 23.5 Å². The van der Waals surface area contributed by atoms with Gasteiger partial charge in [0.1, 0.15) is 11.1 Å². The van der Waals surface area contributed by atoms with Crippen LogP contribution < -0.4 is 10.6 Å². The highest BCUT2D eigenvalue weighted by Crippen LogP contribution is 2.40. The Morgan fingerprint density at radius 1 is 0.684 bits per heavy atom. The molecule has 0 saturated carbocycles. The molecule has 4 N–H and O–H groups in total. The number of rotatable bonds is 15. The van der Waals surface area contributed by atoms with E-state index in [0.717, 1.165) is 0 Å². The molecule has 8 nitrogen and oxygen atoms in total. The van der Waals surface area contributed by atoms with Gasteiger partial charge >= 0.3 is 11.9 Å². The molecule has 0 aromatic heterocycles. The number of benzene rings is 2. The zero-order valence-corrected chi connectivity index (χ0v) is 24.9. The maximum absolute atomic E-state index is 13.1. The van der Waals surface area contributed by atoms with E-state index < -0.39 is 34.8 Å². The van der Waals surface area contributed by atoms with Crippen LogP contribution in [0.25, 0.3) is 0 Å². The minimum atomic E-state index is -1.41. The van der Waals surface area contributed by atoms with E-state index >= 15 is 0 Å². The first kappa shape index (κ1) is 31.9. The van der Waals surface area contributed by atoms with E-state index in [9.17, 15) is 29.4 Å². The van der Waals surface area contributed by atoms with Crippen molar-refractivity contribution < 1.29 is 29.4 Å². The van der Waals surface area contributed by atoms with Gasteiger partial charge in [0.05, 0.1) is 11.1 Å². The molecule has 0 radical (unpaired) electrons. The highest BCUT2D eigenvalue weighted by Gasteiger charge is 2.36. The van der Waals surface area contributed by atoms with Gasteiger partial charge in [0, 0.05) is 9.79 Å². The summed E-state index contributed by atoms with van der Waals surface area (Å²) in [6.07, 6.45) is 4.29. The zero-order valence-electron chi connectivity index (χ0n) is 21.6. The van der Waals surface area contributed by atoms with Gasteiger partial charge in [-0.05, 0) is 75.0 Å². The Kier molecular flexibility index (Phi) is 12.4. The van der Waals surface area contributed by atoms with E-state index in [-0.39, 0.29) is 12.8 Å². The van der Waals surface area contributed by atoms with Crippen molar-refractivity contribution in [3.8, 4) is 0 Å². The predicted molar refractivity (Wildman–Crippen MR) is 158 cm³/mol. The molecule has 2 amide bonds. The molecule has 38 heavy (non-hydrogen) atoms. The second kappa shape index (κ2) is 14.8. The normalized spacial score (nSPS) is 14.1. The molecule has 0 bridgehead atoms. The van der Waals surface area contributed by atoms with E-state index in [1.807, 2.05) is 12.5 Å². The van der Waals surface area contributed by atoms with Crippen LogP contribution in [0.3, 0.4) is 0 Å². The number of hydrogen-bond acceptors (Lipinski definition) is 8. The first-order valence-electron chi connectivity index (χ1n) is 11.6. The highest BCUT2D eigenvalue weighted by atomic mass is 33.1. The lowest BCUT2D eigenvalue weighted by molar-refractivity contribution is -0.144. The summed E-state index contributed by atoms with van der Waals surface area (Å²) in [5.41, 5.74) is -2.19. The molecule has 0 aliphatic rings. The molecule has 2 atom stereocenters. The summed E-state index contributed by atoms with van der Waals surface area (Å²) in [7, 11) is 2.51. The van der Waals surface area contributed by atoms with E-state index in [4.69, 9.17) is 0 Å². The number of thioether (sulfide) groups is 2. The summed E-state index contributed by atoms with van der Waals surface area (Å²) in [6, 6.07) is 13.7. The molecule has 0 aliphatic heterocycles. The lowest BCUT2D eigenvalue weighted by Gasteiger charge is -2.26. The SMILES string of the molecule is CSCC[C@](C)(NC(=O)c1ccccc1SSc1ccccc1C(=O)N[C@@](C)(CCSC)C(=O)O)C(=O)O. The average Bonchev–Trinajstić information content (AvgIpc) is 2.89. The molecule has 2 aromatic rings. The topological polar surface area (TPSA) is 133 Å². The number of carboxylic acid groups (broad SMARTS) is 2. The van der Waals surface area contributed by atoms with Crippen LogP contribution in [0.15, 0.2) is 58.3 Å². The van der Waals surface area contributed by atoms with E-state index in [1.54, 1.807) is 48.5 Å². The maximum Gasteiger partial charge on any atom is 0.329 e. The molecule has 2 aromatic carbocycles. The van der Waals surface area contributed by atoms with Crippen molar-refractivity contribution in [3.63, 3.8) is 0 Å². The number of carboxylic acids is 2. The Hall–Kier alpha value is -2.28. The van der Waals surface area contributed by atoms with E-state index in [0.29, 0.717) is 32.4 Å². The smallest absolute Gasteiger partial charge is 0.329 e. The molecule has 12 heteroatoms. The third kappa shape index (κ3) is 8.62. The number of hydrogen-bond donors (Lipinski definition) is 4. The molecular weight excluding hydrogens is 565 g/mol. The minimum Gasteiger partial charge on any atom is -0.480 e. The maximum atomic E-state index is 13.1. The lowest BCUT2D eigenvalue weighted by atomic mass is 9.98. The Bertz CT molecular complexity index is 1070. The van der Waals surface area contributed by atoms with Gasteiger partial charge in [-0.3, -0.25) is 9.59 Å². The minimum absolute atomic E-state index is 0.272. The third-order valence-corrected chi connectivity index (χ3v) is 9.53. The zero-order chi connectivity index (χ0) is 28.3. The van der Waals surface area contributed by atoms with Crippen LogP contribution in [0, 0.1) is 0 Å². The van der Waals surface area contributed by atoms with Crippen LogP contribution in [0.4, 0.5) is 0 Å². The summed E-state index contributed by atoms with van der Waals surface area (Å²) in [5, 5.41) is 24.8. The number of amides is 2. The largest absolute Gasteiger partial charge is 0.480 e. The van der Waals surface area contributed by atoms with Crippen molar-refractivity contribution >= 4 is 68.9 Å². The number of aliphatic carboxylic acids is 2. The summed E-state index contributed by atoms with van der Waals surface area (Å²) < 4.78 is 0. The third-order valence-electron chi connectivity index (χ3n) is 5.82. The summed E-state index contributed by atoms with van der Waals surface area (Å²) in [6.45, 7) is 2.99. The van der Waals surface area contributed by atoms with Gasteiger partial charge in [0.15, 0.2) is 0 Å². The second-order valence-corrected chi connectivity index (χ2v) is 13.0. The standard InChI is InChI=1S/C26H32N2O6S4/c1-25(23(31)32,13-15-35-3)27-21(29)17-9-5-7-11-19(17)37-38-20-12-8-6-10-18(20)22(30)28-26(2,24(33)34)14-16-36-4/h5-12H,13-16H2,1-4H3,(H,27,29)(H,28,30)(H,31,32)(H,33,34)/t25-,26-/m0/s1. The van der Waals surface area contributed by atoms with Gasteiger partial charge in [0.2, 0.25) is 0 Å². The van der Waals surface area contributed by atoms with Crippen molar-refractivity contribution in [1.29, 1.82) is 0 Å². The Labute approximate surface area is 239 Å². The molecule has 0 fully saturated rings. The van der Waals surface area contributed by atoms with Crippen molar-refractivity contribution in [3.05, 3.63) is 59.7 Å². The summed E-state index contributed by atoms with van der Waals surface area (Å²) in [5.74, 6) is -2.07. The van der Waals surface area contributed by atoms with Crippen molar-refractivity contribution in [1.82, 2.24) is 10.6 Å². The monoisotopic (exact) mass is 596 g/mol. The Morgan fingerprint density at radius 2 is 1.03 bits per heavy atom. The van der Waals surface area contributed by atoms with Crippen molar-refractivity contribution in [2.45, 2.75) is 47.6 Å². The average molecular weight is 597 g/mol. The van der Waals surface area contributed by atoms with Crippen LogP contribution in [-0.2, 0) is 9.59 Å². The van der Waals surface area contributed by atoms with Gasteiger partial charge in [-0.25, -0.2) is 9.59 Å². The van der Waals surface area contributed by atoms with Crippen molar-refractivity contribution in [2.75, 3.05) is 24.0 Å². The molecule has 0 spiro atoms. The van der Waals surface area contributed by atoms with E-state index in [2.05, 4.69) is 10.6 Å². The molecule has 0 unspecified atom stereocenters. The second-order valence-electron chi connectivity index (χ2n) is 8.83. The Morgan fingerprint density at radius 3 is 1.34 bits per heavy atom. The predicted octanol–water partition coefficient (Wildman–Crippen LogP) is 5.14. The molecule has 0 heterocycles. The molecule has 0 saturated heterocycles. The van der Waals surface area contributed by atoms with Crippen LogP contribution in [0.2, 0.25) is 0 Å². The first-order valence-corrected chi connectivity index (χ1v) is 16.5. The fourth-order valence-electron chi connectivity index (χ4n) is 3.24. The molecule has 0 aliphatic carbocycles. The van der Waals surface area contributed by atoms with Crippen LogP contribution in [0.1, 0.15) is 47.4 Å².